The summed E-state index contributed by atoms with van der Waals surface area (Å²) >= 11 is 1.44. The van der Waals surface area contributed by atoms with Crippen molar-refractivity contribution in [3.63, 3.8) is 0 Å². The molecule has 2 aromatic carbocycles. The maximum Gasteiger partial charge on any atom is 0.335 e. The number of benzene rings is 2. The highest BCUT2D eigenvalue weighted by Crippen LogP contribution is 2.61. The molecule has 0 fully saturated rings. The Morgan fingerprint density at radius 2 is 0.708 bits per heavy atom. The number of carboxylic acids is 2. The molecule has 0 saturated carbocycles. The zero-order chi connectivity index (χ0) is 35.3. The van der Waals surface area contributed by atoms with Gasteiger partial charge >= 0.3 is 11.9 Å². The molecule has 0 aliphatic heterocycles. The zero-order valence-corrected chi connectivity index (χ0v) is 32.9. The van der Waals surface area contributed by atoms with Crippen LogP contribution in [0.4, 0.5) is 0 Å². The van der Waals surface area contributed by atoms with Crippen molar-refractivity contribution in [3.8, 4) is 0 Å². The minimum Gasteiger partial charge on any atom is -0.478 e. The van der Waals surface area contributed by atoms with E-state index in [-0.39, 0.29) is 11.1 Å². The summed E-state index contributed by atoms with van der Waals surface area (Å²) < 4.78 is 0. The molecule has 0 bridgehead atoms. The first-order chi connectivity index (χ1) is 23.3. The molecule has 0 amide bonds. The highest BCUT2D eigenvalue weighted by molar-refractivity contribution is 7.99. The summed E-state index contributed by atoms with van der Waals surface area (Å²) in [7, 11) is -0.630. The molecule has 6 heteroatoms. The highest BCUT2D eigenvalue weighted by Gasteiger charge is 2.34. The minimum absolute atomic E-state index is 0.241. The van der Waals surface area contributed by atoms with Gasteiger partial charge in [-0.05, 0) is 80.6 Å². The topological polar surface area (TPSA) is 74.6 Å². The monoisotopic (exact) mass is 701 g/mol. The molecule has 0 saturated heterocycles. The van der Waals surface area contributed by atoms with Gasteiger partial charge in [-0.3, -0.25) is 0 Å². The lowest BCUT2D eigenvalue weighted by Gasteiger charge is -2.28. The van der Waals surface area contributed by atoms with Crippen LogP contribution in [0.3, 0.4) is 0 Å². The predicted molar refractivity (Wildman–Crippen MR) is 212 cm³/mol. The summed E-state index contributed by atoms with van der Waals surface area (Å²) in [6, 6.07) is 13.0. The van der Waals surface area contributed by atoms with Gasteiger partial charge in [-0.25, -0.2) is 9.59 Å². The van der Waals surface area contributed by atoms with Crippen molar-refractivity contribution >= 4 is 31.0 Å². The third kappa shape index (κ3) is 21.3. The fraction of sp³-hybridized carbons (Fsp3) is 0.667. The highest BCUT2D eigenvalue weighted by atomic mass is 32.2. The van der Waals surface area contributed by atoms with Crippen molar-refractivity contribution < 1.29 is 19.8 Å². The maximum atomic E-state index is 10.7. The fourth-order valence-corrected chi connectivity index (χ4v) is 12.3. The number of carbonyl (C=O) groups is 2. The molecule has 2 aromatic rings. The molecule has 0 aliphatic carbocycles. The van der Waals surface area contributed by atoms with E-state index < -0.39 is 19.2 Å². The average Bonchev–Trinajstić information content (AvgIpc) is 3.09. The van der Waals surface area contributed by atoms with Gasteiger partial charge in [-0.15, -0.1) is 0 Å². The lowest BCUT2D eigenvalue weighted by molar-refractivity contribution is 0.0686. The van der Waals surface area contributed by atoms with Crippen LogP contribution < -0.4 is 0 Å². The van der Waals surface area contributed by atoms with E-state index in [1.807, 2.05) is 0 Å². The molecule has 272 valence electrons. The first-order valence-electron chi connectivity index (χ1n) is 19.5. The van der Waals surface area contributed by atoms with E-state index in [9.17, 15) is 9.59 Å². The van der Waals surface area contributed by atoms with E-state index in [1.54, 1.807) is 55.3 Å². The summed E-state index contributed by atoms with van der Waals surface area (Å²) in [5.41, 5.74) is 0.483. The Kier molecular flexibility index (Phi) is 26.6. The molecule has 0 heterocycles. The molecule has 0 unspecified atom stereocenters. The van der Waals surface area contributed by atoms with Crippen LogP contribution >= 0.6 is 19.0 Å². The van der Waals surface area contributed by atoms with Gasteiger partial charge in [0.15, 0.2) is 0 Å². The van der Waals surface area contributed by atoms with Crippen LogP contribution in [0.1, 0.15) is 177 Å². The molecule has 2 N–H and O–H groups in total. The van der Waals surface area contributed by atoms with E-state index in [0.29, 0.717) is 0 Å². The Balaban J connectivity index is 0.000000519. The van der Waals surface area contributed by atoms with Gasteiger partial charge in [0.25, 0.3) is 0 Å². The SMILES string of the molecule is CCCCCCCCCCCCCCCC[P+](CCCC)(CCCC)CCCC.O=C(O)c1ccc(Sc2ccc(C(=O)O)cc2)cc1. The van der Waals surface area contributed by atoms with E-state index in [4.69, 9.17) is 10.2 Å². The van der Waals surface area contributed by atoms with Gasteiger partial charge in [0.05, 0.1) is 35.8 Å². The maximum absolute atomic E-state index is 10.7. The molecule has 0 radical (unpaired) electrons. The second-order valence-electron chi connectivity index (χ2n) is 13.7. The summed E-state index contributed by atoms with van der Waals surface area (Å²) in [5.74, 6) is -1.91. The Labute approximate surface area is 300 Å². The summed E-state index contributed by atoms with van der Waals surface area (Å²) in [6.07, 6.45) is 36.0. The molecule has 4 nitrogen and oxygen atoms in total. The molecular formula is C42H70O4PS+. The minimum atomic E-state index is -0.956. The van der Waals surface area contributed by atoms with E-state index in [1.165, 1.54) is 158 Å². The van der Waals surface area contributed by atoms with Crippen LogP contribution in [0.25, 0.3) is 0 Å². The summed E-state index contributed by atoms with van der Waals surface area (Å²) in [5, 5.41) is 17.6. The van der Waals surface area contributed by atoms with Gasteiger partial charge in [0.1, 0.15) is 0 Å². The lowest BCUT2D eigenvalue weighted by Crippen LogP contribution is -2.13. The third-order valence-corrected chi connectivity index (χ3v) is 15.5. The molecule has 0 spiro atoms. The number of hydrogen-bond donors (Lipinski definition) is 2. The quantitative estimate of drug-likeness (QED) is 0.0682. The van der Waals surface area contributed by atoms with Gasteiger partial charge in [0.2, 0.25) is 0 Å². The van der Waals surface area contributed by atoms with Crippen LogP contribution in [0.2, 0.25) is 0 Å². The standard InChI is InChI=1S/C28H60P.C14H10O4S/c1-5-9-13-14-15-16-17-18-19-20-21-22-23-24-28-29(25-10-6-2,26-11-7-3)27-12-8-4;15-13(16)9-1-5-11(6-2-9)19-12-7-3-10(4-8-12)14(17)18/h5-28H2,1-4H3;1-8H,(H,15,16)(H,17,18)/q+1;. The lowest BCUT2D eigenvalue weighted by atomic mass is 10.0. The number of carboxylic acid groups (broad SMARTS) is 2. The van der Waals surface area contributed by atoms with E-state index >= 15 is 0 Å². The van der Waals surface area contributed by atoms with Crippen molar-refractivity contribution in [3.05, 3.63) is 59.7 Å². The van der Waals surface area contributed by atoms with Crippen molar-refractivity contribution in [2.75, 3.05) is 24.6 Å². The molecule has 0 aromatic heterocycles. The van der Waals surface area contributed by atoms with Crippen molar-refractivity contribution in [2.24, 2.45) is 0 Å². The Hall–Kier alpha value is -1.84. The largest absolute Gasteiger partial charge is 0.478 e. The smallest absolute Gasteiger partial charge is 0.335 e. The molecule has 0 atom stereocenters. The first kappa shape index (κ1) is 44.2. The second kappa shape index (κ2) is 28.9. The van der Waals surface area contributed by atoms with Crippen molar-refractivity contribution in [2.45, 2.75) is 166 Å². The van der Waals surface area contributed by atoms with Gasteiger partial charge in [-0.2, -0.15) is 0 Å². The van der Waals surface area contributed by atoms with E-state index in [0.717, 1.165) is 9.79 Å². The Bertz CT molecular complexity index is 993. The van der Waals surface area contributed by atoms with Crippen LogP contribution in [0.5, 0.6) is 0 Å². The number of aromatic carboxylic acids is 2. The Morgan fingerprint density at radius 3 is 1.00 bits per heavy atom. The normalized spacial score (nSPS) is 11.2. The number of hydrogen-bond acceptors (Lipinski definition) is 3. The van der Waals surface area contributed by atoms with Crippen molar-refractivity contribution in [1.29, 1.82) is 0 Å². The van der Waals surface area contributed by atoms with Crippen LogP contribution in [0.15, 0.2) is 58.3 Å². The molecule has 48 heavy (non-hydrogen) atoms. The Morgan fingerprint density at radius 1 is 0.438 bits per heavy atom. The van der Waals surface area contributed by atoms with Gasteiger partial charge in [0, 0.05) is 17.1 Å². The number of rotatable bonds is 28. The first-order valence-corrected chi connectivity index (χ1v) is 22.8. The van der Waals surface area contributed by atoms with E-state index in [2.05, 4.69) is 27.7 Å². The van der Waals surface area contributed by atoms with Crippen molar-refractivity contribution in [1.82, 2.24) is 0 Å². The number of unbranched alkanes of at least 4 members (excludes halogenated alkanes) is 16. The van der Waals surface area contributed by atoms with Crippen LogP contribution in [0, 0.1) is 0 Å². The predicted octanol–water partition coefficient (Wildman–Crippen LogP) is 14.1. The second-order valence-corrected chi connectivity index (χ2v) is 19.3. The average molecular weight is 702 g/mol. The zero-order valence-electron chi connectivity index (χ0n) is 31.2. The fourth-order valence-electron chi connectivity index (χ4n) is 6.26. The summed E-state index contributed by atoms with van der Waals surface area (Å²) in [6.45, 7) is 9.48. The summed E-state index contributed by atoms with van der Waals surface area (Å²) in [4.78, 5) is 23.2. The molecule has 0 aliphatic rings. The van der Waals surface area contributed by atoms with Gasteiger partial charge in [-0.1, -0.05) is 136 Å². The third-order valence-electron chi connectivity index (χ3n) is 9.38. The molecular weight excluding hydrogens is 631 g/mol. The molecule has 2 rings (SSSR count). The van der Waals surface area contributed by atoms with Crippen LogP contribution in [-0.2, 0) is 0 Å². The van der Waals surface area contributed by atoms with Gasteiger partial charge < -0.3 is 10.2 Å². The van der Waals surface area contributed by atoms with Crippen LogP contribution in [-0.4, -0.2) is 46.8 Å².